The molecule has 2 amide bonds. The van der Waals surface area contributed by atoms with Crippen LogP contribution in [-0.2, 0) is 13.0 Å². The summed E-state index contributed by atoms with van der Waals surface area (Å²) in [6, 6.07) is 14.3. The van der Waals surface area contributed by atoms with Gasteiger partial charge in [0.2, 0.25) is 0 Å². The Balaban J connectivity index is 1.94. The van der Waals surface area contributed by atoms with Gasteiger partial charge in [0.15, 0.2) is 0 Å². The molecule has 4 nitrogen and oxygen atoms in total. The smallest absolute Gasteiger partial charge is 0.317 e. The van der Waals surface area contributed by atoms with Crippen LogP contribution in [0.1, 0.15) is 31.5 Å². The van der Waals surface area contributed by atoms with Crippen LogP contribution in [-0.4, -0.2) is 34.8 Å². The highest BCUT2D eigenvalue weighted by molar-refractivity contribution is 7.98. The van der Waals surface area contributed by atoms with Crippen molar-refractivity contribution in [3.8, 4) is 0 Å². The Morgan fingerprint density at radius 1 is 1.24 bits per heavy atom. The van der Waals surface area contributed by atoms with E-state index in [1.807, 2.05) is 30.0 Å². The van der Waals surface area contributed by atoms with Gasteiger partial charge < -0.3 is 10.2 Å². The molecule has 25 heavy (non-hydrogen) atoms. The first-order valence-corrected chi connectivity index (χ1v) is 9.93. The summed E-state index contributed by atoms with van der Waals surface area (Å²) in [5.74, 6) is 0. The minimum absolute atomic E-state index is 0.0146. The fourth-order valence-corrected chi connectivity index (χ4v) is 3.07. The Hall–Kier alpha value is -2.01. The van der Waals surface area contributed by atoms with Crippen LogP contribution in [0.4, 0.5) is 4.79 Å². The maximum atomic E-state index is 12.7. The summed E-state index contributed by atoms with van der Waals surface area (Å²) in [6.45, 7) is 5.48. The summed E-state index contributed by atoms with van der Waals surface area (Å²) in [4.78, 5) is 20.1. The first kappa shape index (κ1) is 19.3. The van der Waals surface area contributed by atoms with Crippen molar-refractivity contribution in [3.05, 3.63) is 59.9 Å². The van der Waals surface area contributed by atoms with Crippen LogP contribution in [0.3, 0.4) is 0 Å². The molecule has 0 aliphatic heterocycles. The molecule has 1 aromatic carbocycles. The highest BCUT2D eigenvalue weighted by Crippen LogP contribution is 2.16. The van der Waals surface area contributed by atoms with E-state index in [2.05, 4.69) is 47.7 Å². The van der Waals surface area contributed by atoms with Crippen molar-refractivity contribution in [2.45, 2.75) is 44.2 Å². The van der Waals surface area contributed by atoms with Gasteiger partial charge >= 0.3 is 6.03 Å². The molecule has 1 atom stereocenters. The molecule has 0 aliphatic rings. The van der Waals surface area contributed by atoms with Gasteiger partial charge in [0.05, 0.1) is 0 Å². The average molecular weight is 358 g/mol. The largest absolute Gasteiger partial charge is 0.335 e. The van der Waals surface area contributed by atoms with Crippen LogP contribution in [0.15, 0.2) is 53.6 Å². The molecule has 0 aliphatic carbocycles. The number of aromatic nitrogens is 1. The van der Waals surface area contributed by atoms with Crippen LogP contribution in [0.2, 0.25) is 0 Å². The van der Waals surface area contributed by atoms with Gasteiger partial charge in [-0.05, 0) is 49.4 Å². The van der Waals surface area contributed by atoms with E-state index in [0.717, 1.165) is 30.6 Å². The fourth-order valence-electron chi connectivity index (χ4n) is 2.66. The summed E-state index contributed by atoms with van der Waals surface area (Å²) < 4.78 is 0. The second-order valence-corrected chi connectivity index (χ2v) is 7.03. The first-order valence-electron chi connectivity index (χ1n) is 8.70. The Kier molecular flexibility index (Phi) is 7.79. The number of nitrogens with zero attached hydrogens (tertiary/aromatic N) is 2. The van der Waals surface area contributed by atoms with Crippen molar-refractivity contribution >= 4 is 17.8 Å². The van der Waals surface area contributed by atoms with Gasteiger partial charge in [-0.15, -0.1) is 11.8 Å². The van der Waals surface area contributed by atoms with E-state index >= 15 is 0 Å². The summed E-state index contributed by atoms with van der Waals surface area (Å²) in [6.07, 6.45) is 5.51. The molecule has 2 rings (SSSR count). The molecule has 0 unspecified atom stereocenters. The third kappa shape index (κ3) is 6.42. The van der Waals surface area contributed by atoms with Gasteiger partial charge in [-0.3, -0.25) is 4.98 Å². The van der Waals surface area contributed by atoms with Crippen molar-refractivity contribution in [2.24, 2.45) is 0 Å². The number of hydrogen-bond acceptors (Lipinski definition) is 3. The number of urea groups is 1. The highest BCUT2D eigenvalue weighted by atomic mass is 32.2. The summed E-state index contributed by atoms with van der Waals surface area (Å²) in [5, 5.41) is 3.10. The van der Waals surface area contributed by atoms with Crippen molar-refractivity contribution in [1.82, 2.24) is 15.2 Å². The van der Waals surface area contributed by atoms with Crippen LogP contribution in [0.25, 0.3) is 0 Å². The molecule has 0 saturated heterocycles. The lowest BCUT2D eigenvalue weighted by atomic mass is 10.1. The molecule has 0 radical (unpaired) electrons. The quantitative estimate of drug-likeness (QED) is 0.714. The summed E-state index contributed by atoms with van der Waals surface area (Å²) in [7, 11) is 0. The van der Waals surface area contributed by atoms with Gasteiger partial charge in [0.25, 0.3) is 0 Å². The molecular formula is C20H27N3OS. The standard InChI is InChI=1S/C20H27N3OS/c1-4-13-23(15-17-8-10-19(25-3)11-9-17)20(24)22-16(2)14-18-7-5-6-12-21-18/h5-12,16H,4,13-15H2,1-3H3,(H,22,24)/t16-/m1/s1. The Morgan fingerprint density at radius 3 is 2.60 bits per heavy atom. The van der Waals surface area contributed by atoms with E-state index in [0.29, 0.717) is 6.54 Å². The van der Waals surface area contributed by atoms with E-state index in [1.54, 1.807) is 18.0 Å². The number of rotatable bonds is 8. The maximum Gasteiger partial charge on any atom is 0.317 e. The van der Waals surface area contributed by atoms with Crippen LogP contribution >= 0.6 is 11.8 Å². The number of carbonyl (C=O) groups is 1. The molecule has 1 aromatic heterocycles. The van der Waals surface area contributed by atoms with Crippen molar-refractivity contribution in [3.63, 3.8) is 0 Å². The zero-order valence-corrected chi connectivity index (χ0v) is 16.1. The SMILES string of the molecule is CCCN(Cc1ccc(SC)cc1)C(=O)N[C@H](C)Cc1ccccn1. The second kappa shape index (κ2) is 10.1. The number of thioether (sulfide) groups is 1. The molecule has 1 N–H and O–H groups in total. The highest BCUT2D eigenvalue weighted by Gasteiger charge is 2.16. The van der Waals surface area contributed by atoms with Crippen molar-refractivity contribution < 1.29 is 4.79 Å². The number of benzene rings is 1. The van der Waals surface area contributed by atoms with E-state index in [4.69, 9.17) is 0 Å². The molecule has 1 heterocycles. The lowest BCUT2D eigenvalue weighted by Gasteiger charge is -2.25. The fraction of sp³-hybridized carbons (Fsp3) is 0.400. The molecule has 2 aromatic rings. The Morgan fingerprint density at radius 2 is 2.00 bits per heavy atom. The zero-order chi connectivity index (χ0) is 18.1. The van der Waals surface area contributed by atoms with Gasteiger partial charge in [-0.25, -0.2) is 4.79 Å². The summed E-state index contributed by atoms with van der Waals surface area (Å²) in [5.41, 5.74) is 2.14. The van der Waals surface area contributed by atoms with Crippen LogP contribution in [0, 0.1) is 0 Å². The monoisotopic (exact) mass is 357 g/mol. The Bertz CT molecular complexity index is 646. The number of nitrogens with one attached hydrogen (secondary N) is 1. The van der Waals surface area contributed by atoms with E-state index in [-0.39, 0.29) is 12.1 Å². The van der Waals surface area contributed by atoms with Gasteiger partial charge in [-0.2, -0.15) is 0 Å². The predicted molar refractivity (Wildman–Crippen MR) is 105 cm³/mol. The zero-order valence-electron chi connectivity index (χ0n) is 15.2. The number of carbonyl (C=O) groups excluding carboxylic acids is 1. The number of hydrogen-bond donors (Lipinski definition) is 1. The maximum absolute atomic E-state index is 12.7. The van der Waals surface area contributed by atoms with Crippen LogP contribution in [0.5, 0.6) is 0 Å². The normalized spacial score (nSPS) is 11.8. The van der Waals surface area contributed by atoms with E-state index in [9.17, 15) is 4.79 Å². The molecular weight excluding hydrogens is 330 g/mol. The minimum atomic E-state index is -0.0146. The van der Waals surface area contributed by atoms with Crippen molar-refractivity contribution in [1.29, 1.82) is 0 Å². The first-order chi connectivity index (χ1) is 12.1. The minimum Gasteiger partial charge on any atom is -0.335 e. The van der Waals surface area contributed by atoms with E-state index < -0.39 is 0 Å². The Labute approximate surface area is 155 Å². The summed E-state index contributed by atoms with van der Waals surface area (Å²) >= 11 is 1.72. The number of amides is 2. The molecule has 0 saturated carbocycles. The second-order valence-electron chi connectivity index (χ2n) is 6.15. The lowest BCUT2D eigenvalue weighted by molar-refractivity contribution is 0.191. The lowest BCUT2D eigenvalue weighted by Crippen LogP contribution is -2.44. The third-order valence-electron chi connectivity index (χ3n) is 3.92. The average Bonchev–Trinajstić information content (AvgIpc) is 2.62. The van der Waals surface area contributed by atoms with Gasteiger partial charge in [0.1, 0.15) is 0 Å². The molecule has 0 fully saturated rings. The van der Waals surface area contributed by atoms with Gasteiger partial charge in [-0.1, -0.05) is 25.1 Å². The van der Waals surface area contributed by atoms with Crippen LogP contribution < -0.4 is 5.32 Å². The molecule has 0 spiro atoms. The van der Waals surface area contributed by atoms with Gasteiger partial charge in [0, 0.05) is 42.3 Å². The molecule has 134 valence electrons. The predicted octanol–water partition coefficient (Wildman–Crippen LogP) is 4.36. The third-order valence-corrected chi connectivity index (χ3v) is 4.67. The van der Waals surface area contributed by atoms with E-state index in [1.165, 1.54) is 4.90 Å². The molecule has 0 bridgehead atoms. The number of pyridine rings is 1. The van der Waals surface area contributed by atoms with Crippen molar-refractivity contribution in [2.75, 3.05) is 12.8 Å². The molecule has 5 heteroatoms. The topological polar surface area (TPSA) is 45.2 Å².